The van der Waals surface area contributed by atoms with E-state index in [0.717, 1.165) is 16.7 Å². The minimum absolute atomic E-state index is 0.00194. The number of fused-ring (bicyclic) bond motifs is 1. The predicted molar refractivity (Wildman–Crippen MR) is 136 cm³/mol. The monoisotopic (exact) mass is 444 g/mol. The second kappa shape index (κ2) is 10.7. The van der Waals surface area contributed by atoms with Crippen LogP contribution in [-0.2, 0) is 22.6 Å². The molecule has 0 fully saturated rings. The number of hydrogen-bond acceptors (Lipinski definition) is 2. The van der Waals surface area contributed by atoms with Crippen LogP contribution in [0.1, 0.15) is 57.2 Å². The van der Waals surface area contributed by atoms with Gasteiger partial charge in [-0.1, -0.05) is 73.7 Å². The van der Waals surface area contributed by atoms with Crippen molar-refractivity contribution >= 4 is 22.6 Å². The largest absolute Gasteiger partial charge is 0.350 e. The summed E-state index contributed by atoms with van der Waals surface area (Å²) >= 11 is 0. The fourth-order valence-electron chi connectivity index (χ4n) is 4.24. The summed E-state index contributed by atoms with van der Waals surface area (Å²) in [5, 5.41) is 5.42. The average molecular weight is 445 g/mol. The molecule has 1 atom stereocenters. The average Bonchev–Trinajstić information content (AvgIpc) is 2.77. The number of aryl methyl sites for hydroxylation is 2. The first kappa shape index (κ1) is 24.5. The molecular weight excluding hydrogens is 408 g/mol. The van der Waals surface area contributed by atoms with E-state index >= 15 is 0 Å². The van der Waals surface area contributed by atoms with E-state index in [1.807, 2.05) is 77.1 Å². The third kappa shape index (κ3) is 6.44. The number of nitrogens with one attached hydrogen (secondary N) is 1. The van der Waals surface area contributed by atoms with E-state index in [-0.39, 0.29) is 17.4 Å². The molecule has 33 heavy (non-hydrogen) atoms. The SMILES string of the molecule is CC[C@H](C(=O)NC(C)(C)C)N(Cc1ccccc1C)C(=O)CCc1cccc2ccccc12. The van der Waals surface area contributed by atoms with Gasteiger partial charge in [0.1, 0.15) is 6.04 Å². The lowest BCUT2D eigenvalue weighted by molar-refractivity contribution is -0.142. The molecule has 4 heteroatoms. The summed E-state index contributed by atoms with van der Waals surface area (Å²) in [7, 11) is 0. The maximum atomic E-state index is 13.6. The third-order valence-corrected chi connectivity index (χ3v) is 5.97. The molecule has 0 bridgehead atoms. The third-order valence-electron chi connectivity index (χ3n) is 5.97. The number of rotatable bonds is 8. The van der Waals surface area contributed by atoms with Gasteiger partial charge in [-0.05, 0) is 68.0 Å². The molecule has 0 saturated carbocycles. The van der Waals surface area contributed by atoms with E-state index in [1.54, 1.807) is 4.90 Å². The van der Waals surface area contributed by atoms with Crippen molar-refractivity contribution in [2.75, 3.05) is 0 Å². The van der Waals surface area contributed by atoms with Gasteiger partial charge in [0.05, 0.1) is 0 Å². The van der Waals surface area contributed by atoms with E-state index in [4.69, 9.17) is 0 Å². The van der Waals surface area contributed by atoms with Crippen LogP contribution in [0.3, 0.4) is 0 Å². The fraction of sp³-hybridized carbons (Fsp3) is 0.379. The first-order chi connectivity index (χ1) is 15.7. The molecule has 0 aliphatic carbocycles. The highest BCUT2D eigenvalue weighted by Gasteiger charge is 2.30. The molecule has 0 spiro atoms. The van der Waals surface area contributed by atoms with Crippen LogP contribution in [0, 0.1) is 6.92 Å². The Morgan fingerprint density at radius 3 is 2.24 bits per heavy atom. The van der Waals surface area contributed by atoms with E-state index in [9.17, 15) is 9.59 Å². The second-order valence-electron chi connectivity index (χ2n) is 9.75. The molecule has 174 valence electrons. The molecular formula is C29H36N2O2. The molecule has 0 aromatic heterocycles. The van der Waals surface area contributed by atoms with Crippen LogP contribution in [0.2, 0.25) is 0 Å². The maximum Gasteiger partial charge on any atom is 0.243 e. The minimum Gasteiger partial charge on any atom is -0.350 e. The zero-order valence-corrected chi connectivity index (χ0v) is 20.5. The summed E-state index contributed by atoms with van der Waals surface area (Å²) in [4.78, 5) is 28.5. The fourth-order valence-corrected chi connectivity index (χ4v) is 4.24. The first-order valence-electron chi connectivity index (χ1n) is 11.8. The Morgan fingerprint density at radius 2 is 1.55 bits per heavy atom. The van der Waals surface area contributed by atoms with Crippen molar-refractivity contribution in [2.45, 2.75) is 72.0 Å². The van der Waals surface area contributed by atoms with Crippen LogP contribution in [-0.4, -0.2) is 28.3 Å². The standard InChI is InChI=1S/C29H36N2O2/c1-6-26(28(33)30-29(3,4)5)31(20-24-14-8-7-12-21(24)2)27(32)19-18-23-16-11-15-22-13-9-10-17-25(22)23/h7-17,26H,6,18-20H2,1-5H3,(H,30,33)/t26-/m1/s1. The Morgan fingerprint density at radius 1 is 0.909 bits per heavy atom. The smallest absolute Gasteiger partial charge is 0.243 e. The van der Waals surface area contributed by atoms with Gasteiger partial charge in [-0.2, -0.15) is 0 Å². The lowest BCUT2D eigenvalue weighted by Crippen LogP contribution is -2.53. The molecule has 0 aliphatic rings. The Balaban J connectivity index is 1.86. The molecule has 1 N–H and O–H groups in total. The molecule has 0 aliphatic heterocycles. The normalized spacial score (nSPS) is 12.4. The lowest BCUT2D eigenvalue weighted by Gasteiger charge is -2.33. The number of carbonyl (C=O) groups excluding carboxylic acids is 2. The highest BCUT2D eigenvalue weighted by molar-refractivity contribution is 5.89. The van der Waals surface area contributed by atoms with Gasteiger partial charge in [-0.3, -0.25) is 9.59 Å². The number of carbonyl (C=O) groups is 2. The molecule has 0 unspecified atom stereocenters. The minimum atomic E-state index is -0.510. The first-order valence-corrected chi connectivity index (χ1v) is 11.8. The van der Waals surface area contributed by atoms with Gasteiger partial charge in [0.15, 0.2) is 0 Å². The van der Waals surface area contributed by atoms with Crippen LogP contribution in [0.25, 0.3) is 10.8 Å². The van der Waals surface area contributed by atoms with Crippen LogP contribution in [0.15, 0.2) is 66.7 Å². The lowest BCUT2D eigenvalue weighted by atomic mass is 9.99. The quantitative estimate of drug-likeness (QED) is 0.477. The van der Waals surface area contributed by atoms with Gasteiger partial charge in [0, 0.05) is 18.5 Å². The van der Waals surface area contributed by atoms with Gasteiger partial charge in [0.2, 0.25) is 11.8 Å². The molecule has 0 radical (unpaired) electrons. The van der Waals surface area contributed by atoms with Crippen molar-refractivity contribution in [3.05, 3.63) is 83.4 Å². The summed E-state index contributed by atoms with van der Waals surface area (Å²) < 4.78 is 0. The molecule has 3 aromatic rings. The number of hydrogen-bond donors (Lipinski definition) is 1. The van der Waals surface area contributed by atoms with Crippen molar-refractivity contribution in [2.24, 2.45) is 0 Å². The van der Waals surface area contributed by atoms with Crippen molar-refractivity contribution in [1.29, 1.82) is 0 Å². The van der Waals surface area contributed by atoms with Gasteiger partial charge < -0.3 is 10.2 Å². The molecule has 3 aromatic carbocycles. The Bertz CT molecular complexity index is 1110. The molecule has 2 amide bonds. The van der Waals surface area contributed by atoms with Crippen molar-refractivity contribution in [1.82, 2.24) is 10.2 Å². The Kier molecular flexibility index (Phi) is 7.91. The van der Waals surface area contributed by atoms with Crippen LogP contribution < -0.4 is 5.32 Å². The highest BCUT2D eigenvalue weighted by atomic mass is 16.2. The molecule has 3 rings (SSSR count). The van der Waals surface area contributed by atoms with Crippen LogP contribution >= 0.6 is 0 Å². The summed E-state index contributed by atoms with van der Waals surface area (Å²) in [5.74, 6) is -0.0980. The van der Waals surface area contributed by atoms with E-state index in [0.29, 0.717) is 25.8 Å². The zero-order valence-electron chi connectivity index (χ0n) is 20.5. The Hall–Kier alpha value is -3.14. The number of amides is 2. The van der Waals surface area contributed by atoms with Crippen LogP contribution in [0.4, 0.5) is 0 Å². The number of nitrogens with zero attached hydrogens (tertiary/aromatic N) is 1. The topological polar surface area (TPSA) is 49.4 Å². The molecule has 4 nitrogen and oxygen atoms in total. The summed E-state index contributed by atoms with van der Waals surface area (Å²) in [6.45, 7) is 10.3. The summed E-state index contributed by atoms with van der Waals surface area (Å²) in [5.41, 5.74) is 2.99. The van der Waals surface area contributed by atoms with E-state index < -0.39 is 6.04 Å². The van der Waals surface area contributed by atoms with Crippen molar-refractivity contribution in [3.8, 4) is 0 Å². The number of benzene rings is 3. The van der Waals surface area contributed by atoms with Crippen LogP contribution in [0.5, 0.6) is 0 Å². The molecule has 0 saturated heterocycles. The highest BCUT2D eigenvalue weighted by Crippen LogP contribution is 2.22. The van der Waals surface area contributed by atoms with Gasteiger partial charge >= 0.3 is 0 Å². The van der Waals surface area contributed by atoms with Gasteiger partial charge in [0.25, 0.3) is 0 Å². The predicted octanol–water partition coefficient (Wildman–Crippen LogP) is 5.80. The van der Waals surface area contributed by atoms with Crippen molar-refractivity contribution in [3.63, 3.8) is 0 Å². The van der Waals surface area contributed by atoms with Gasteiger partial charge in [-0.15, -0.1) is 0 Å². The summed E-state index contributed by atoms with van der Waals surface area (Å²) in [6.07, 6.45) is 1.56. The van der Waals surface area contributed by atoms with Gasteiger partial charge in [-0.25, -0.2) is 0 Å². The van der Waals surface area contributed by atoms with E-state index in [1.165, 1.54) is 10.8 Å². The molecule has 0 heterocycles. The second-order valence-corrected chi connectivity index (χ2v) is 9.75. The van der Waals surface area contributed by atoms with Crippen molar-refractivity contribution < 1.29 is 9.59 Å². The van der Waals surface area contributed by atoms with E-state index in [2.05, 4.69) is 29.6 Å². The maximum absolute atomic E-state index is 13.6. The summed E-state index contributed by atoms with van der Waals surface area (Å²) in [6, 6.07) is 22.0. The zero-order chi connectivity index (χ0) is 24.0. The Labute approximate surface area is 198 Å².